The Morgan fingerprint density at radius 1 is 1.40 bits per heavy atom. The van der Waals surface area contributed by atoms with Gasteiger partial charge in [0.2, 0.25) is 15.9 Å². The molecule has 0 heterocycles. The Bertz CT molecular complexity index is 612. The third kappa shape index (κ3) is 3.53. The molecule has 0 radical (unpaired) electrons. The molecule has 9 heteroatoms. The van der Waals surface area contributed by atoms with Gasteiger partial charge in [0, 0.05) is 16.6 Å². The molecule has 1 aromatic carbocycles. The van der Waals surface area contributed by atoms with Crippen molar-refractivity contribution in [2.75, 3.05) is 6.54 Å². The van der Waals surface area contributed by atoms with Crippen molar-refractivity contribution in [3.63, 3.8) is 0 Å². The zero-order chi connectivity index (χ0) is 15.7. The van der Waals surface area contributed by atoms with E-state index in [4.69, 9.17) is 5.73 Å². The van der Waals surface area contributed by atoms with Gasteiger partial charge in [0.15, 0.2) is 0 Å². The maximum Gasteiger partial charge on any atom is 0.247 e. The number of primary amides is 1. The first kappa shape index (κ1) is 17.0. The molecule has 2 N–H and O–H groups in total. The Morgan fingerprint density at radius 2 is 1.95 bits per heavy atom. The lowest BCUT2D eigenvalue weighted by molar-refractivity contribution is -0.118. The van der Waals surface area contributed by atoms with E-state index in [0.29, 0.717) is 6.07 Å². The maximum atomic E-state index is 13.8. The van der Waals surface area contributed by atoms with Gasteiger partial charge >= 0.3 is 0 Å². The number of benzene rings is 1. The number of carbonyl (C=O) groups is 1. The lowest BCUT2D eigenvalue weighted by atomic mass is 10.3. The van der Waals surface area contributed by atoms with E-state index in [1.54, 1.807) is 0 Å². The van der Waals surface area contributed by atoms with E-state index in [1.807, 2.05) is 0 Å². The van der Waals surface area contributed by atoms with Crippen molar-refractivity contribution in [2.45, 2.75) is 24.8 Å². The molecule has 0 saturated heterocycles. The van der Waals surface area contributed by atoms with Crippen LogP contribution in [0.3, 0.4) is 0 Å². The summed E-state index contributed by atoms with van der Waals surface area (Å²) in [6.45, 7) is 2.43. The summed E-state index contributed by atoms with van der Waals surface area (Å²) in [5.74, 6) is -3.03. The molecule has 0 spiro atoms. The van der Waals surface area contributed by atoms with Crippen LogP contribution in [-0.2, 0) is 14.8 Å². The van der Waals surface area contributed by atoms with Crippen molar-refractivity contribution in [1.82, 2.24) is 4.31 Å². The van der Waals surface area contributed by atoms with Crippen molar-refractivity contribution in [3.8, 4) is 0 Å². The van der Waals surface area contributed by atoms with Crippen LogP contribution in [-0.4, -0.2) is 31.2 Å². The first-order valence-electron chi connectivity index (χ1n) is 5.52. The maximum absolute atomic E-state index is 13.8. The van der Waals surface area contributed by atoms with Gasteiger partial charge in [-0.15, -0.1) is 0 Å². The van der Waals surface area contributed by atoms with E-state index in [1.165, 1.54) is 13.8 Å². The summed E-state index contributed by atoms with van der Waals surface area (Å²) >= 11 is 2.82. The van der Waals surface area contributed by atoms with Gasteiger partial charge in [0.1, 0.15) is 16.5 Å². The summed E-state index contributed by atoms with van der Waals surface area (Å²) in [6.07, 6.45) is 0. The lowest BCUT2D eigenvalue weighted by Crippen LogP contribution is -2.43. The number of carbonyl (C=O) groups excluding carboxylic acids is 1. The number of nitrogens with zero attached hydrogens (tertiary/aromatic N) is 1. The number of halogens is 3. The molecule has 0 aliphatic heterocycles. The Morgan fingerprint density at radius 3 is 2.35 bits per heavy atom. The van der Waals surface area contributed by atoms with Gasteiger partial charge in [-0.1, -0.05) is 0 Å². The molecule has 20 heavy (non-hydrogen) atoms. The average molecular weight is 371 g/mol. The number of nitrogens with two attached hydrogens (primary N) is 1. The van der Waals surface area contributed by atoms with Crippen molar-refractivity contribution in [1.29, 1.82) is 0 Å². The second-order valence-corrected chi connectivity index (χ2v) is 6.99. The third-order valence-electron chi connectivity index (χ3n) is 2.42. The first-order chi connectivity index (χ1) is 9.07. The van der Waals surface area contributed by atoms with E-state index in [2.05, 4.69) is 15.9 Å². The van der Waals surface area contributed by atoms with Crippen LogP contribution >= 0.6 is 15.9 Å². The molecule has 0 unspecified atom stereocenters. The molecular formula is C11H13BrF2N2O3S. The van der Waals surface area contributed by atoms with Crippen LogP contribution in [0.1, 0.15) is 13.8 Å². The monoisotopic (exact) mass is 370 g/mol. The van der Waals surface area contributed by atoms with E-state index in [9.17, 15) is 22.0 Å². The van der Waals surface area contributed by atoms with Crippen molar-refractivity contribution < 1.29 is 22.0 Å². The predicted octanol–water partition coefficient (Wildman–Crippen LogP) is 1.61. The smallest absolute Gasteiger partial charge is 0.247 e. The first-order valence-corrected chi connectivity index (χ1v) is 7.75. The summed E-state index contributed by atoms with van der Waals surface area (Å²) in [7, 11) is -4.33. The van der Waals surface area contributed by atoms with Crippen LogP contribution in [0.25, 0.3) is 0 Å². The number of amides is 1. The highest BCUT2D eigenvalue weighted by molar-refractivity contribution is 9.10. The quantitative estimate of drug-likeness (QED) is 0.854. The number of sulfonamides is 1. The van der Waals surface area contributed by atoms with Crippen LogP contribution in [0.4, 0.5) is 8.78 Å². The predicted molar refractivity (Wildman–Crippen MR) is 72.3 cm³/mol. The summed E-state index contributed by atoms with van der Waals surface area (Å²) in [4.78, 5) is 10.2. The number of hydrogen-bond donors (Lipinski definition) is 1. The SMILES string of the molecule is CC(C)N(CC(N)=O)S(=O)(=O)c1c(F)cc(F)cc1Br. The van der Waals surface area contributed by atoms with Gasteiger partial charge in [0.05, 0.1) is 6.54 Å². The second kappa shape index (κ2) is 6.15. The van der Waals surface area contributed by atoms with Gasteiger partial charge in [0.25, 0.3) is 0 Å². The number of rotatable bonds is 5. The van der Waals surface area contributed by atoms with Crippen LogP contribution in [0.5, 0.6) is 0 Å². The molecule has 112 valence electrons. The number of hydrogen-bond acceptors (Lipinski definition) is 3. The molecule has 1 aromatic rings. The van der Waals surface area contributed by atoms with Crippen molar-refractivity contribution in [3.05, 3.63) is 28.2 Å². The molecule has 0 atom stereocenters. The lowest BCUT2D eigenvalue weighted by Gasteiger charge is -2.25. The van der Waals surface area contributed by atoms with Gasteiger partial charge in [-0.3, -0.25) is 4.79 Å². The molecule has 0 fully saturated rings. The van der Waals surface area contributed by atoms with E-state index in [-0.39, 0.29) is 4.47 Å². The highest BCUT2D eigenvalue weighted by Crippen LogP contribution is 2.29. The Balaban J connectivity index is 3.45. The fraction of sp³-hybridized carbons (Fsp3) is 0.364. The summed E-state index contributed by atoms with van der Waals surface area (Å²) in [5, 5.41) is 0. The second-order valence-electron chi connectivity index (χ2n) is 4.31. The molecular weight excluding hydrogens is 358 g/mol. The van der Waals surface area contributed by atoms with E-state index in [0.717, 1.165) is 10.4 Å². The molecule has 0 bridgehead atoms. The van der Waals surface area contributed by atoms with E-state index < -0.39 is 45.0 Å². The summed E-state index contributed by atoms with van der Waals surface area (Å²) < 4.78 is 52.1. The fourth-order valence-electron chi connectivity index (χ4n) is 1.59. The van der Waals surface area contributed by atoms with Gasteiger partial charge in [-0.2, -0.15) is 4.31 Å². The van der Waals surface area contributed by atoms with Crippen LogP contribution in [0.2, 0.25) is 0 Å². The molecule has 0 aromatic heterocycles. The molecule has 0 saturated carbocycles. The standard InChI is InChI=1S/C11H13BrF2N2O3S/c1-6(2)16(5-10(15)17)20(18,19)11-8(12)3-7(13)4-9(11)14/h3-4,6H,5H2,1-2H3,(H2,15,17). The van der Waals surface area contributed by atoms with Gasteiger partial charge < -0.3 is 5.73 Å². The highest BCUT2D eigenvalue weighted by Gasteiger charge is 2.33. The third-order valence-corrected chi connectivity index (χ3v) is 5.40. The molecule has 5 nitrogen and oxygen atoms in total. The van der Waals surface area contributed by atoms with Crippen LogP contribution < -0.4 is 5.73 Å². The van der Waals surface area contributed by atoms with Crippen LogP contribution in [0, 0.1) is 11.6 Å². The van der Waals surface area contributed by atoms with Crippen LogP contribution in [0.15, 0.2) is 21.5 Å². The molecule has 0 aliphatic carbocycles. The van der Waals surface area contributed by atoms with Crippen molar-refractivity contribution >= 4 is 31.9 Å². The Labute approximate surface area is 123 Å². The zero-order valence-electron chi connectivity index (χ0n) is 10.7. The fourth-order valence-corrected chi connectivity index (χ4v) is 4.31. The van der Waals surface area contributed by atoms with Gasteiger partial charge in [-0.25, -0.2) is 17.2 Å². The van der Waals surface area contributed by atoms with E-state index >= 15 is 0 Å². The molecule has 1 amide bonds. The topological polar surface area (TPSA) is 80.5 Å². The minimum atomic E-state index is -4.33. The average Bonchev–Trinajstić information content (AvgIpc) is 2.22. The van der Waals surface area contributed by atoms with Gasteiger partial charge in [-0.05, 0) is 35.8 Å². The molecule has 1 rings (SSSR count). The van der Waals surface area contributed by atoms with Crippen molar-refractivity contribution in [2.24, 2.45) is 5.73 Å². The molecule has 0 aliphatic rings. The minimum absolute atomic E-state index is 0.259. The summed E-state index contributed by atoms with van der Waals surface area (Å²) in [5.41, 5.74) is 5.00. The Kier molecular flexibility index (Phi) is 5.22. The Hall–Kier alpha value is -1.06. The zero-order valence-corrected chi connectivity index (χ0v) is 13.1. The normalized spacial score (nSPS) is 12.2. The largest absolute Gasteiger partial charge is 0.369 e. The summed E-state index contributed by atoms with van der Waals surface area (Å²) in [6, 6.07) is 0.669. The highest BCUT2D eigenvalue weighted by atomic mass is 79.9. The minimum Gasteiger partial charge on any atom is -0.369 e.